The van der Waals surface area contributed by atoms with Gasteiger partial charge in [0.25, 0.3) is 17.2 Å². The van der Waals surface area contributed by atoms with E-state index < -0.39 is 51.8 Å². The summed E-state index contributed by atoms with van der Waals surface area (Å²) in [5, 5.41) is 23.9. The molecule has 41 heavy (non-hydrogen) atoms. The van der Waals surface area contributed by atoms with Crippen LogP contribution in [0.25, 0.3) is 5.53 Å². The number of ketones is 1. The highest BCUT2D eigenvalue weighted by Crippen LogP contribution is 2.22. The second-order valence-corrected chi connectivity index (χ2v) is 8.55. The van der Waals surface area contributed by atoms with Crippen LogP contribution in [-0.4, -0.2) is 56.8 Å². The van der Waals surface area contributed by atoms with Crippen LogP contribution in [-0.2, 0) is 41.8 Å². The molecule has 1 aliphatic rings. The minimum Gasteiger partial charge on any atom is -0.452 e. The number of Topliss-reactive ketones (excluding diaryl/α,β-unsaturated/α-hetero) is 1. The van der Waals surface area contributed by atoms with Crippen LogP contribution in [0.4, 0.5) is 16.2 Å². The van der Waals surface area contributed by atoms with Crippen molar-refractivity contribution in [2.45, 2.75) is 32.6 Å². The van der Waals surface area contributed by atoms with Crippen molar-refractivity contribution in [1.29, 1.82) is 0 Å². The maximum absolute atomic E-state index is 12.6. The van der Waals surface area contributed by atoms with Gasteiger partial charge in [0, 0.05) is 36.3 Å². The third-order valence-corrected chi connectivity index (χ3v) is 5.73. The van der Waals surface area contributed by atoms with E-state index in [1.165, 1.54) is 55.5 Å². The van der Waals surface area contributed by atoms with Crippen molar-refractivity contribution in [3.63, 3.8) is 0 Å². The lowest BCUT2D eigenvalue weighted by Gasteiger charge is -2.31. The summed E-state index contributed by atoms with van der Waals surface area (Å²) in [5.41, 5.74) is 9.27. The van der Waals surface area contributed by atoms with Gasteiger partial charge in [-0.05, 0) is 47.9 Å². The smallest absolute Gasteiger partial charge is 0.452 e. The van der Waals surface area contributed by atoms with Crippen LogP contribution in [0.3, 0.4) is 0 Å². The van der Waals surface area contributed by atoms with E-state index in [4.69, 9.17) is 14.2 Å². The van der Waals surface area contributed by atoms with E-state index in [0.29, 0.717) is 16.7 Å². The Bertz CT molecular complexity index is 1480. The number of non-ortho nitro benzene ring substituents is 2. The number of hydrogen-bond donors (Lipinski definition) is 1. The van der Waals surface area contributed by atoms with Gasteiger partial charge >= 0.3 is 17.8 Å². The molecule has 16 heteroatoms. The largest absolute Gasteiger partial charge is 0.508 e. The fraction of sp³-hybridized carbons (Fsp3) is 0.240. The average molecular weight is 567 g/mol. The van der Waals surface area contributed by atoms with Crippen LogP contribution in [0, 0.1) is 20.2 Å². The highest BCUT2D eigenvalue weighted by Gasteiger charge is 2.40. The number of nitro groups is 2. The van der Waals surface area contributed by atoms with Crippen molar-refractivity contribution in [2.24, 2.45) is 0 Å². The molecule has 1 aliphatic heterocycles. The molecule has 1 atom stereocenters. The number of nitrogens with one attached hydrogen (secondary N) is 1. The predicted molar refractivity (Wildman–Crippen MR) is 135 cm³/mol. The van der Waals surface area contributed by atoms with Gasteiger partial charge in [0.15, 0.2) is 0 Å². The van der Waals surface area contributed by atoms with E-state index >= 15 is 0 Å². The Morgan fingerprint density at radius 2 is 1.41 bits per heavy atom. The van der Waals surface area contributed by atoms with Crippen molar-refractivity contribution in [3.8, 4) is 0 Å². The fourth-order valence-corrected chi connectivity index (χ4v) is 3.60. The number of nitro benzene ring substituents is 2. The number of nitrogens with zero attached hydrogens (tertiary/aromatic N) is 4. The van der Waals surface area contributed by atoms with Crippen molar-refractivity contribution >= 4 is 40.9 Å². The topological polar surface area (TPSA) is 231 Å². The molecule has 1 heterocycles. The molecule has 1 fully saturated rings. The van der Waals surface area contributed by atoms with Crippen LogP contribution in [0.2, 0.25) is 0 Å². The van der Waals surface area contributed by atoms with E-state index in [0.717, 1.165) is 0 Å². The van der Waals surface area contributed by atoms with Crippen LogP contribution < -0.4 is 5.32 Å². The molecule has 0 aliphatic carbocycles. The van der Waals surface area contributed by atoms with E-state index in [2.05, 4.69) is 10.1 Å². The highest BCUT2D eigenvalue weighted by molar-refractivity contribution is 6.62. The molecule has 1 N–H and O–H groups in total. The fourth-order valence-electron chi connectivity index (χ4n) is 3.60. The summed E-state index contributed by atoms with van der Waals surface area (Å²) in [6.07, 6.45) is -1.53. The second-order valence-electron chi connectivity index (χ2n) is 8.55. The number of esters is 1. The van der Waals surface area contributed by atoms with E-state index in [1.54, 1.807) is 0 Å². The first kappa shape index (κ1) is 29.8. The maximum Gasteiger partial charge on any atom is 0.508 e. The third kappa shape index (κ3) is 7.87. The SMILES string of the molecule is C/C(COC(=O)OCc1ccc([N+](=O)[O-])cc1)=C1\C(=O)N[C@@H]1CC(=O)C(=[N+]=[N-])C(=O)OCc1ccc([N+](=O)[O-])cc1. The molecule has 2 aromatic carbocycles. The number of hydrogen-bond acceptors (Lipinski definition) is 11. The van der Waals surface area contributed by atoms with Gasteiger partial charge in [-0.3, -0.25) is 29.8 Å². The molecule has 0 unspecified atom stereocenters. The number of carbonyl (C=O) groups excluding carboxylic acids is 4. The van der Waals surface area contributed by atoms with E-state index in [9.17, 15) is 44.9 Å². The van der Waals surface area contributed by atoms with Gasteiger partial charge < -0.3 is 25.1 Å². The monoisotopic (exact) mass is 567 g/mol. The summed E-state index contributed by atoms with van der Waals surface area (Å²) in [6, 6.07) is 9.56. The average Bonchev–Trinajstić information content (AvgIpc) is 2.94. The van der Waals surface area contributed by atoms with Crippen molar-refractivity contribution < 1.29 is 48.0 Å². The molecule has 0 radical (unpaired) electrons. The lowest BCUT2D eigenvalue weighted by molar-refractivity contribution is -0.385. The molecule has 0 bridgehead atoms. The van der Waals surface area contributed by atoms with Gasteiger partial charge in [-0.2, -0.15) is 4.79 Å². The standard InChI is InChI=1S/C25H21N5O11/c1-14(11-40-25(34)41-13-16-4-8-18(9-5-16)30(37)38)21-19(27-23(21)32)10-20(31)22(28-26)24(33)39-12-15-2-6-17(7-3-15)29(35)36/h2-9,19H,10-13H2,1H3,(H,27,32)/b21-14+/t19-/m1/s1. The molecular formula is C25H21N5O11. The number of amides is 1. The summed E-state index contributed by atoms with van der Waals surface area (Å²) >= 11 is 0. The van der Waals surface area contributed by atoms with E-state index in [1.807, 2.05) is 0 Å². The van der Waals surface area contributed by atoms with Gasteiger partial charge in [0.2, 0.25) is 5.91 Å². The zero-order valence-corrected chi connectivity index (χ0v) is 21.3. The lowest BCUT2D eigenvalue weighted by atomic mass is 9.89. The Morgan fingerprint density at radius 1 is 0.902 bits per heavy atom. The van der Waals surface area contributed by atoms with Crippen LogP contribution in [0.1, 0.15) is 24.5 Å². The Balaban J connectivity index is 1.50. The summed E-state index contributed by atoms with van der Waals surface area (Å²) < 4.78 is 14.9. The molecule has 1 amide bonds. The highest BCUT2D eigenvalue weighted by atomic mass is 16.7. The zero-order chi connectivity index (χ0) is 30.1. The number of benzene rings is 2. The molecule has 0 spiro atoms. The first-order valence-electron chi connectivity index (χ1n) is 11.7. The number of carbonyl (C=O) groups is 4. The van der Waals surface area contributed by atoms with Crippen molar-refractivity contribution in [1.82, 2.24) is 5.32 Å². The molecule has 0 saturated carbocycles. The predicted octanol–water partition coefficient (Wildman–Crippen LogP) is 2.34. The molecule has 212 valence electrons. The first-order valence-corrected chi connectivity index (χ1v) is 11.7. The first-order chi connectivity index (χ1) is 19.5. The molecule has 2 aromatic rings. The number of β-lactam (4-membered cyclic amide) rings is 1. The zero-order valence-electron chi connectivity index (χ0n) is 21.3. The van der Waals surface area contributed by atoms with Crippen molar-refractivity contribution in [3.05, 3.63) is 96.6 Å². The molecule has 16 nitrogen and oxygen atoms in total. The second kappa shape index (κ2) is 13.3. The number of ether oxygens (including phenoxy) is 3. The normalized spacial score (nSPS) is 14.9. The van der Waals surface area contributed by atoms with E-state index in [-0.39, 0.29) is 36.8 Å². The van der Waals surface area contributed by atoms with Crippen LogP contribution in [0.5, 0.6) is 0 Å². The van der Waals surface area contributed by atoms with Gasteiger partial charge in [0.05, 0.1) is 15.9 Å². The summed E-state index contributed by atoms with van der Waals surface area (Å²) in [5.74, 6) is -2.73. The summed E-state index contributed by atoms with van der Waals surface area (Å²) in [6.45, 7) is 0.554. The summed E-state index contributed by atoms with van der Waals surface area (Å²) in [7, 11) is 0. The van der Waals surface area contributed by atoms with Gasteiger partial charge in [-0.25, -0.2) is 9.59 Å². The summed E-state index contributed by atoms with van der Waals surface area (Å²) in [4.78, 5) is 71.8. The van der Waals surface area contributed by atoms with Crippen LogP contribution >= 0.6 is 0 Å². The van der Waals surface area contributed by atoms with Gasteiger partial charge in [-0.1, -0.05) is 0 Å². The third-order valence-electron chi connectivity index (χ3n) is 5.73. The minimum absolute atomic E-state index is 0.123. The molecule has 1 saturated heterocycles. The maximum atomic E-state index is 12.6. The minimum atomic E-state index is -1.25. The number of rotatable bonds is 12. The Kier molecular flexibility index (Phi) is 9.70. The quantitative estimate of drug-likeness (QED) is 0.0450. The van der Waals surface area contributed by atoms with Gasteiger partial charge in [-0.15, -0.1) is 0 Å². The molecule has 0 aromatic heterocycles. The lowest BCUT2D eigenvalue weighted by Crippen LogP contribution is -2.54. The molecular weight excluding hydrogens is 546 g/mol. The Morgan fingerprint density at radius 3 is 1.88 bits per heavy atom. The Hall–Kier alpha value is -5.76. The van der Waals surface area contributed by atoms with Crippen LogP contribution in [0.15, 0.2) is 59.7 Å². The molecule has 3 rings (SSSR count). The Labute approximate surface area is 230 Å². The van der Waals surface area contributed by atoms with Gasteiger partial charge in [0.1, 0.15) is 19.8 Å². The van der Waals surface area contributed by atoms with Crippen molar-refractivity contribution in [2.75, 3.05) is 6.61 Å².